The first-order valence-electron chi connectivity index (χ1n) is 7.55. The molecule has 1 amide bonds. The molecule has 1 aliphatic heterocycles. The van der Waals surface area contributed by atoms with Crippen LogP contribution in [0.3, 0.4) is 0 Å². The molecular formula is C17H21NO4. The quantitative estimate of drug-likeness (QED) is 0.866. The van der Waals surface area contributed by atoms with Gasteiger partial charge in [0.15, 0.2) is 0 Å². The molecule has 1 fully saturated rings. The summed E-state index contributed by atoms with van der Waals surface area (Å²) in [6.45, 7) is 6.89. The van der Waals surface area contributed by atoms with Crippen LogP contribution < -0.4 is 0 Å². The Morgan fingerprint density at radius 3 is 2.55 bits per heavy atom. The van der Waals surface area contributed by atoms with E-state index >= 15 is 0 Å². The molecule has 0 radical (unpaired) electrons. The third-order valence-electron chi connectivity index (χ3n) is 4.44. The van der Waals surface area contributed by atoms with E-state index in [0.29, 0.717) is 18.7 Å². The van der Waals surface area contributed by atoms with Crippen LogP contribution in [0, 0.1) is 0 Å². The molecule has 5 nitrogen and oxygen atoms in total. The summed E-state index contributed by atoms with van der Waals surface area (Å²) in [5, 5.41) is 9.07. The second-order valence-electron chi connectivity index (χ2n) is 7.29. The van der Waals surface area contributed by atoms with Gasteiger partial charge in [-0.15, -0.1) is 0 Å². The van der Waals surface area contributed by atoms with Crippen molar-refractivity contribution in [3.05, 3.63) is 34.9 Å². The fraction of sp³-hybridized carbons (Fsp3) is 0.529. The van der Waals surface area contributed by atoms with Crippen LogP contribution in [0.1, 0.15) is 48.7 Å². The average molecular weight is 303 g/mol. The number of hydrogen-bond donors (Lipinski definition) is 1. The Labute approximate surface area is 129 Å². The fourth-order valence-corrected chi connectivity index (χ4v) is 3.43. The monoisotopic (exact) mass is 303 g/mol. The molecule has 3 rings (SSSR count). The minimum Gasteiger partial charge on any atom is -0.478 e. The summed E-state index contributed by atoms with van der Waals surface area (Å²) in [5.74, 6) is -0.896. The maximum atomic E-state index is 12.1. The van der Waals surface area contributed by atoms with Gasteiger partial charge in [-0.1, -0.05) is 6.07 Å². The minimum atomic E-state index is -0.896. The lowest BCUT2D eigenvalue weighted by Gasteiger charge is -2.48. The topological polar surface area (TPSA) is 66.8 Å². The number of aromatic carboxylic acids is 1. The van der Waals surface area contributed by atoms with Gasteiger partial charge < -0.3 is 14.7 Å². The first-order chi connectivity index (χ1) is 10.2. The Kier molecular flexibility index (Phi) is 3.20. The third kappa shape index (κ3) is 2.45. The maximum absolute atomic E-state index is 12.1. The van der Waals surface area contributed by atoms with Gasteiger partial charge in [0.1, 0.15) is 5.60 Å². The van der Waals surface area contributed by atoms with Gasteiger partial charge in [0.2, 0.25) is 0 Å². The van der Waals surface area contributed by atoms with Crippen LogP contribution in [-0.2, 0) is 16.6 Å². The minimum absolute atomic E-state index is 0.0106. The van der Waals surface area contributed by atoms with Crippen LogP contribution in [0.25, 0.3) is 0 Å². The summed E-state index contributed by atoms with van der Waals surface area (Å²) in [6, 6.07) is 5.34. The largest absolute Gasteiger partial charge is 0.478 e. The van der Waals surface area contributed by atoms with Crippen molar-refractivity contribution in [2.75, 3.05) is 13.1 Å². The number of rotatable bonds is 1. The van der Waals surface area contributed by atoms with E-state index in [4.69, 9.17) is 9.84 Å². The molecule has 1 heterocycles. The summed E-state index contributed by atoms with van der Waals surface area (Å²) >= 11 is 0. The van der Waals surface area contributed by atoms with Crippen LogP contribution in [-0.4, -0.2) is 40.8 Å². The SMILES string of the molecule is CC(C)(C)OC(=O)N1CC2(CCc3cc(C(=O)O)ccc32)C1. The molecule has 0 atom stereocenters. The summed E-state index contributed by atoms with van der Waals surface area (Å²) in [7, 11) is 0. The predicted octanol–water partition coefficient (Wildman–Crippen LogP) is 2.82. The Balaban J connectivity index is 1.73. The number of hydrogen-bond acceptors (Lipinski definition) is 3. The molecular weight excluding hydrogens is 282 g/mol. The molecule has 1 spiro atoms. The van der Waals surface area contributed by atoms with E-state index in [1.165, 1.54) is 5.56 Å². The second-order valence-corrected chi connectivity index (χ2v) is 7.29. The summed E-state index contributed by atoms with van der Waals surface area (Å²) in [6.07, 6.45) is 1.57. The van der Waals surface area contributed by atoms with Crippen molar-refractivity contribution < 1.29 is 19.4 Å². The number of benzene rings is 1. The highest BCUT2D eigenvalue weighted by Gasteiger charge is 2.50. The van der Waals surface area contributed by atoms with E-state index in [-0.39, 0.29) is 11.5 Å². The van der Waals surface area contributed by atoms with Gasteiger partial charge >= 0.3 is 12.1 Å². The zero-order valence-corrected chi connectivity index (χ0v) is 13.2. The standard InChI is InChI=1S/C17H21NO4/c1-16(2,3)22-15(21)18-9-17(10-18)7-6-11-8-12(14(19)20)4-5-13(11)17/h4-5,8H,6-7,9-10H2,1-3H3,(H,19,20). The Hall–Kier alpha value is -2.04. The molecule has 1 aromatic rings. The van der Waals surface area contributed by atoms with Gasteiger partial charge in [0.05, 0.1) is 5.56 Å². The second kappa shape index (κ2) is 4.73. The normalized spacial score (nSPS) is 18.8. The molecule has 1 aliphatic carbocycles. The number of aryl methyl sites for hydroxylation is 1. The van der Waals surface area contributed by atoms with Gasteiger partial charge in [-0.25, -0.2) is 9.59 Å². The highest BCUT2D eigenvalue weighted by atomic mass is 16.6. The Bertz CT molecular complexity index is 639. The summed E-state index contributed by atoms with van der Waals surface area (Å²) < 4.78 is 5.39. The van der Waals surface area contributed by atoms with E-state index < -0.39 is 11.6 Å². The number of carbonyl (C=O) groups is 2. The lowest BCUT2D eigenvalue weighted by atomic mass is 9.75. The van der Waals surface area contributed by atoms with Gasteiger partial charge in [0.25, 0.3) is 0 Å². The van der Waals surface area contributed by atoms with Crippen LogP contribution in [0.15, 0.2) is 18.2 Å². The number of ether oxygens (including phenoxy) is 1. The first kappa shape index (κ1) is 14.9. The van der Waals surface area contributed by atoms with Crippen molar-refractivity contribution in [2.45, 2.75) is 44.6 Å². The van der Waals surface area contributed by atoms with Gasteiger partial charge in [0, 0.05) is 18.5 Å². The maximum Gasteiger partial charge on any atom is 0.410 e. The zero-order chi connectivity index (χ0) is 16.1. The molecule has 118 valence electrons. The Morgan fingerprint density at radius 2 is 1.95 bits per heavy atom. The molecule has 1 N–H and O–H groups in total. The molecule has 0 bridgehead atoms. The van der Waals surface area contributed by atoms with E-state index in [1.807, 2.05) is 26.8 Å². The molecule has 0 aromatic heterocycles. The van der Waals surface area contributed by atoms with E-state index in [0.717, 1.165) is 18.4 Å². The van der Waals surface area contributed by atoms with Crippen LogP contribution in [0.4, 0.5) is 4.79 Å². The predicted molar refractivity (Wildman–Crippen MR) is 81.2 cm³/mol. The Morgan fingerprint density at radius 1 is 1.27 bits per heavy atom. The van der Waals surface area contributed by atoms with Crippen molar-refractivity contribution >= 4 is 12.1 Å². The highest BCUT2D eigenvalue weighted by Crippen LogP contribution is 2.46. The summed E-state index contributed by atoms with van der Waals surface area (Å²) in [4.78, 5) is 24.8. The molecule has 0 saturated carbocycles. The number of likely N-dealkylation sites (tertiary alicyclic amines) is 1. The first-order valence-corrected chi connectivity index (χ1v) is 7.55. The van der Waals surface area contributed by atoms with Crippen LogP contribution >= 0.6 is 0 Å². The number of carboxylic acids is 1. The van der Waals surface area contributed by atoms with Crippen molar-refractivity contribution in [2.24, 2.45) is 0 Å². The van der Waals surface area contributed by atoms with Gasteiger partial charge in [-0.05, 0) is 56.9 Å². The van der Waals surface area contributed by atoms with Crippen LogP contribution in [0.2, 0.25) is 0 Å². The molecule has 0 unspecified atom stereocenters. The number of carboxylic acid groups (broad SMARTS) is 1. The molecule has 1 aromatic carbocycles. The summed E-state index contributed by atoms with van der Waals surface area (Å²) in [5.41, 5.74) is 2.13. The van der Waals surface area contributed by atoms with Crippen molar-refractivity contribution in [1.29, 1.82) is 0 Å². The van der Waals surface area contributed by atoms with Gasteiger partial charge in [-0.2, -0.15) is 0 Å². The third-order valence-corrected chi connectivity index (χ3v) is 4.44. The van der Waals surface area contributed by atoms with Crippen LogP contribution in [0.5, 0.6) is 0 Å². The van der Waals surface area contributed by atoms with E-state index in [9.17, 15) is 9.59 Å². The number of nitrogens with zero attached hydrogens (tertiary/aromatic N) is 1. The van der Waals surface area contributed by atoms with Gasteiger partial charge in [-0.3, -0.25) is 0 Å². The molecule has 22 heavy (non-hydrogen) atoms. The zero-order valence-electron chi connectivity index (χ0n) is 13.2. The molecule has 5 heteroatoms. The average Bonchev–Trinajstić information content (AvgIpc) is 2.73. The van der Waals surface area contributed by atoms with E-state index in [2.05, 4.69) is 0 Å². The van der Waals surface area contributed by atoms with Crippen molar-refractivity contribution in [1.82, 2.24) is 4.90 Å². The smallest absolute Gasteiger partial charge is 0.410 e. The molecule has 2 aliphatic rings. The number of amides is 1. The molecule has 1 saturated heterocycles. The fourth-order valence-electron chi connectivity index (χ4n) is 3.43. The van der Waals surface area contributed by atoms with Crippen molar-refractivity contribution in [3.8, 4) is 0 Å². The highest BCUT2D eigenvalue weighted by molar-refractivity contribution is 5.88. The number of fused-ring (bicyclic) bond motifs is 2. The van der Waals surface area contributed by atoms with E-state index in [1.54, 1.807) is 17.0 Å². The lowest BCUT2D eigenvalue weighted by Crippen LogP contribution is -2.60. The number of carbonyl (C=O) groups excluding carboxylic acids is 1. The lowest BCUT2D eigenvalue weighted by molar-refractivity contribution is -0.00965. The van der Waals surface area contributed by atoms with Crippen molar-refractivity contribution in [3.63, 3.8) is 0 Å².